The number of carbonyl (C=O) groups excluding carboxylic acids is 1. The van der Waals surface area contributed by atoms with Crippen LogP contribution in [-0.4, -0.2) is 12.5 Å². The molecule has 0 heterocycles. The van der Waals surface area contributed by atoms with E-state index >= 15 is 0 Å². The average Bonchev–Trinajstić information content (AvgIpc) is 2.41. The third-order valence-electron chi connectivity index (χ3n) is 2.18. The largest absolute Gasteiger partial charge is 0.352 e. The van der Waals surface area contributed by atoms with Crippen molar-refractivity contribution in [2.45, 2.75) is 6.92 Å². The molecule has 0 radical (unpaired) electrons. The first-order valence-corrected chi connectivity index (χ1v) is 6.25. The second-order valence-electron chi connectivity index (χ2n) is 3.66. The fraction of sp³-hybridized carbons (Fsp3) is 0.133. The smallest absolute Gasteiger partial charge is 0.251 e. The van der Waals surface area contributed by atoms with Crippen LogP contribution >= 0.6 is 11.6 Å². The number of halogens is 2. The van der Waals surface area contributed by atoms with Crippen LogP contribution in [0.15, 0.2) is 54.6 Å². The van der Waals surface area contributed by atoms with Gasteiger partial charge in [0.25, 0.3) is 5.91 Å². The standard InChI is InChI=1S/C9H10FNO.C6H5Cl/c1-2-11-9(12)7-3-5-8(10)6-4-7;7-6-4-2-1-3-5-6/h3-6H,2H2,1H3,(H,11,12);1-5H. The maximum atomic E-state index is 12.4. The summed E-state index contributed by atoms with van der Waals surface area (Å²) >= 11 is 5.54. The normalized spacial score (nSPS) is 9.21. The van der Waals surface area contributed by atoms with Crippen molar-refractivity contribution in [2.24, 2.45) is 0 Å². The highest BCUT2D eigenvalue weighted by Gasteiger charge is 2.02. The second-order valence-corrected chi connectivity index (χ2v) is 4.10. The predicted octanol–water partition coefficient (Wildman–Crippen LogP) is 3.92. The number of rotatable bonds is 2. The molecule has 2 nitrogen and oxygen atoms in total. The molecule has 2 aromatic carbocycles. The zero-order chi connectivity index (χ0) is 14.1. The van der Waals surface area contributed by atoms with Gasteiger partial charge >= 0.3 is 0 Å². The molecular weight excluding hydrogens is 265 g/mol. The third-order valence-corrected chi connectivity index (χ3v) is 2.43. The number of benzene rings is 2. The lowest BCUT2D eigenvalue weighted by Crippen LogP contribution is -2.22. The summed E-state index contributed by atoms with van der Waals surface area (Å²) in [6.07, 6.45) is 0. The first-order valence-electron chi connectivity index (χ1n) is 5.87. The van der Waals surface area contributed by atoms with Crippen molar-refractivity contribution in [3.63, 3.8) is 0 Å². The van der Waals surface area contributed by atoms with Gasteiger partial charge in [0, 0.05) is 17.1 Å². The fourth-order valence-corrected chi connectivity index (χ4v) is 1.42. The predicted molar refractivity (Wildman–Crippen MR) is 75.9 cm³/mol. The number of hydrogen-bond donors (Lipinski definition) is 1. The van der Waals surface area contributed by atoms with Gasteiger partial charge in [0.15, 0.2) is 0 Å². The van der Waals surface area contributed by atoms with E-state index in [-0.39, 0.29) is 11.7 Å². The minimum Gasteiger partial charge on any atom is -0.352 e. The van der Waals surface area contributed by atoms with Crippen molar-refractivity contribution >= 4 is 17.5 Å². The van der Waals surface area contributed by atoms with Crippen LogP contribution in [0, 0.1) is 5.82 Å². The monoisotopic (exact) mass is 279 g/mol. The van der Waals surface area contributed by atoms with Crippen LogP contribution in [-0.2, 0) is 0 Å². The number of nitrogens with one attached hydrogen (secondary N) is 1. The molecule has 19 heavy (non-hydrogen) atoms. The molecule has 0 aliphatic carbocycles. The first-order chi connectivity index (χ1) is 9.13. The van der Waals surface area contributed by atoms with Crippen molar-refractivity contribution in [1.29, 1.82) is 0 Å². The molecular formula is C15H15ClFNO. The van der Waals surface area contributed by atoms with Crippen LogP contribution in [0.3, 0.4) is 0 Å². The van der Waals surface area contributed by atoms with Gasteiger partial charge in [0.1, 0.15) is 5.82 Å². The summed E-state index contributed by atoms with van der Waals surface area (Å²) in [5, 5.41) is 3.41. The molecule has 0 aliphatic heterocycles. The van der Waals surface area contributed by atoms with Gasteiger partial charge in [-0.1, -0.05) is 29.8 Å². The van der Waals surface area contributed by atoms with Crippen LogP contribution in [0.4, 0.5) is 4.39 Å². The Bertz CT molecular complexity index is 499. The number of hydrogen-bond acceptors (Lipinski definition) is 1. The van der Waals surface area contributed by atoms with E-state index in [4.69, 9.17) is 11.6 Å². The SMILES string of the molecule is CCNC(=O)c1ccc(F)cc1.Clc1ccccc1. The van der Waals surface area contributed by atoms with Crippen LogP contribution < -0.4 is 5.32 Å². The Labute approximate surface area is 117 Å². The summed E-state index contributed by atoms with van der Waals surface area (Å²) < 4.78 is 12.4. The van der Waals surface area contributed by atoms with Crippen LogP contribution in [0.5, 0.6) is 0 Å². The Morgan fingerprint density at radius 2 is 1.68 bits per heavy atom. The Balaban J connectivity index is 0.000000218. The van der Waals surface area contributed by atoms with Crippen LogP contribution in [0.25, 0.3) is 0 Å². The minimum absolute atomic E-state index is 0.169. The molecule has 0 bridgehead atoms. The quantitative estimate of drug-likeness (QED) is 0.887. The summed E-state index contributed by atoms with van der Waals surface area (Å²) in [5.41, 5.74) is 0.484. The van der Waals surface area contributed by atoms with E-state index in [1.165, 1.54) is 24.3 Å². The molecule has 0 atom stereocenters. The highest BCUT2D eigenvalue weighted by Crippen LogP contribution is 2.03. The molecule has 100 valence electrons. The van der Waals surface area contributed by atoms with E-state index in [9.17, 15) is 9.18 Å². The first kappa shape index (κ1) is 15.2. The summed E-state index contributed by atoms with van der Waals surface area (Å²) in [7, 11) is 0. The van der Waals surface area contributed by atoms with Crippen molar-refractivity contribution in [3.05, 3.63) is 71.0 Å². The molecule has 0 saturated heterocycles. The van der Waals surface area contributed by atoms with Crippen molar-refractivity contribution in [1.82, 2.24) is 5.32 Å². The zero-order valence-corrected chi connectivity index (χ0v) is 11.3. The van der Waals surface area contributed by atoms with E-state index < -0.39 is 0 Å². The summed E-state index contributed by atoms with van der Waals surface area (Å²) in [5.74, 6) is -0.499. The van der Waals surface area contributed by atoms with Crippen molar-refractivity contribution in [2.75, 3.05) is 6.54 Å². The van der Waals surface area contributed by atoms with Gasteiger partial charge in [-0.25, -0.2) is 4.39 Å². The Morgan fingerprint density at radius 3 is 2.11 bits per heavy atom. The molecule has 0 unspecified atom stereocenters. The number of carbonyl (C=O) groups is 1. The van der Waals surface area contributed by atoms with Crippen LogP contribution in [0.1, 0.15) is 17.3 Å². The Morgan fingerprint density at radius 1 is 1.11 bits per heavy atom. The Hall–Kier alpha value is -1.87. The van der Waals surface area contributed by atoms with E-state index in [2.05, 4.69) is 5.32 Å². The van der Waals surface area contributed by atoms with Gasteiger partial charge in [-0.05, 0) is 43.3 Å². The minimum atomic E-state index is -0.331. The zero-order valence-electron chi connectivity index (χ0n) is 10.6. The number of amides is 1. The maximum absolute atomic E-state index is 12.4. The summed E-state index contributed by atoms with van der Waals surface area (Å²) in [4.78, 5) is 11.1. The lowest BCUT2D eigenvalue weighted by molar-refractivity contribution is 0.0956. The lowest BCUT2D eigenvalue weighted by atomic mass is 10.2. The molecule has 1 amide bonds. The molecule has 0 fully saturated rings. The molecule has 2 aromatic rings. The van der Waals surface area contributed by atoms with Gasteiger partial charge in [-0.3, -0.25) is 4.79 Å². The Kier molecular flexibility index (Phi) is 6.61. The molecule has 0 aliphatic rings. The molecule has 0 aromatic heterocycles. The summed E-state index contributed by atoms with van der Waals surface area (Å²) in [6, 6.07) is 14.9. The van der Waals surface area contributed by atoms with Gasteiger partial charge in [0.2, 0.25) is 0 Å². The van der Waals surface area contributed by atoms with E-state index in [1.54, 1.807) is 0 Å². The van der Waals surface area contributed by atoms with Gasteiger partial charge in [-0.15, -0.1) is 0 Å². The van der Waals surface area contributed by atoms with Gasteiger partial charge in [0.05, 0.1) is 0 Å². The average molecular weight is 280 g/mol. The van der Waals surface area contributed by atoms with E-state index in [0.29, 0.717) is 12.1 Å². The van der Waals surface area contributed by atoms with Gasteiger partial charge in [-0.2, -0.15) is 0 Å². The fourth-order valence-electron chi connectivity index (χ4n) is 1.28. The van der Waals surface area contributed by atoms with Gasteiger partial charge < -0.3 is 5.32 Å². The lowest BCUT2D eigenvalue weighted by Gasteiger charge is -2.00. The molecule has 2 rings (SSSR count). The van der Waals surface area contributed by atoms with Crippen LogP contribution in [0.2, 0.25) is 5.02 Å². The maximum Gasteiger partial charge on any atom is 0.251 e. The molecule has 0 saturated carbocycles. The third kappa shape index (κ3) is 6.02. The second kappa shape index (κ2) is 8.27. The molecule has 0 spiro atoms. The van der Waals surface area contributed by atoms with E-state index in [1.807, 2.05) is 37.3 Å². The highest BCUT2D eigenvalue weighted by molar-refractivity contribution is 6.30. The van der Waals surface area contributed by atoms with Crippen molar-refractivity contribution in [3.8, 4) is 0 Å². The van der Waals surface area contributed by atoms with Crippen molar-refractivity contribution < 1.29 is 9.18 Å². The molecule has 1 N–H and O–H groups in total. The molecule has 4 heteroatoms. The topological polar surface area (TPSA) is 29.1 Å². The summed E-state index contributed by atoms with van der Waals surface area (Å²) in [6.45, 7) is 2.41. The van der Waals surface area contributed by atoms with E-state index in [0.717, 1.165) is 5.02 Å². The highest BCUT2D eigenvalue weighted by atomic mass is 35.5.